The zero-order chi connectivity index (χ0) is 26.5. The highest BCUT2D eigenvalue weighted by molar-refractivity contribution is 5.94. The van der Waals surface area contributed by atoms with Crippen LogP contribution < -0.4 is 9.47 Å². The zero-order valence-corrected chi connectivity index (χ0v) is 22.1. The molecule has 196 valence electrons. The molecule has 0 saturated carbocycles. The summed E-state index contributed by atoms with van der Waals surface area (Å²) in [6.07, 6.45) is 1.96. The monoisotopic (exact) mass is 511 g/mol. The van der Waals surface area contributed by atoms with Crippen molar-refractivity contribution in [1.82, 2.24) is 14.7 Å². The van der Waals surface area contributed by atoms with Crippen molar-refractivity contribution >= 4 is 5.91 Å². The molecule has 38 heavy (non-hydrogen) atoms. The number of carbonyl (C=O) groups excluding carboxylic acids is 1. The number of amides is 1. The summed E-state index contributed by atoms with van der Waals surface area (Å²) in [4.78, 5) is 15.6. The Kier molecular flexibility index (Phi) is 7.75. The smallest absolute Gasteiger partial charge is 0.254 e. The quantitative estimate of drug-likeness (QED) is 0.271. The van der Waals surface area contributed by atoms with E-state index < -0.39 is 0 Å². The minimum atomic E-state index is -0.0391. The lowest BCUT2D eigenvalue weighted by Gasteiger charge is -2.26. The van der Waals surface area contributed by atoms with E-state index in [9.17, 15) is 4.79 Å². The number of methoxy groups -OCH3 is 1. The summed E-state index contributed by atoms with van der Waals surface area (Å²) < 4.78 is 19.5. The van der Waals surface area contributed by atoms with Gasteiger partial charge in [-0.05, 0) is 75.2 Å². The highest BCUT2D eigenvalue weighted by atomic mass is 16.5. The number of carbonyl (C=O) groups is 1. The third-order valence-electron chi connectivity index (χ3n) is 6.79. The zero-order valence-electron chi connectivity index (χ0n) is 22.1. The van der Waals surface area contributed by atoms with Gasteiger partial charge >= 0.3 is 0 Å². The van der Waals surface area contributed by atoms with E-state index in [-0.39, 0.29) is 12.0 Å². The number of aryl methyl sites for hydroxylation is 2. The number of benzene rings is 3. The van der Waals surface area contributed by atoms with Crippen LogP contribution in [0.25, 0.3) is 5.69 Å². The van der Waals surface area contributed by atoms with Crippen LogP contribution in [0.1, 0.15) is 40.0 Å². The second kappa shape index (κ2) is 11.5. The number of hydrogen-bond acceptors (Lipinski definition) is 5. The van der Waals surface area contributed by atoms with Crippen LogP contribution in [0, 0.1) is 13.8 Å². The summed E-state index contributed by atoms with van der Waals surface area (Å²) in [6.45, 7) is 5.55. The van der Waals surface area contributed by atoms with Gasteiger partial charge in [-0.25, -0.2) is 4.68 Å². The van der Waals surface area contributed by atoms with Gasteiger partial charge in [-0.2, -0.15) is 5.10 Å². The normalized spacial score (nSPS) is 14.9. The van der Waals surface area contributed by atoms with Crippen molar-refractivity contribution in [3.05, 3.63) is 101 Å². The standard InChI is InChI=1S/C31H33N3O4/c1-22-11-13-24(14-12-22)30(35)33(20-28-10-7-19-37-28)21-29-23(2)32-34(25-8-5-4-6-9-25)31(29)38-27-17-15-26(36-3)16-18-27/h4-6,8-9,11-18,28H,7,10,19-21H2,1-3H3/t28-/m1/s1. The molecule has 1 aromatic heterocycles. The average Bonchev–Trinajstić information content (AvgIpc) is 3.57. The van der Waals surface area contributed by atoms with Crippen molar-refractivity contribution in [3.63, 3.8) is 0 Å². The van der Waals surface area contributed by atoms with Crippen LogP contribution in [-0.4, -0.2) is 47.0 Å². The van der Waals surface area contributed by atoms with Crippen LogP contribution in [0.15, 0.2) is 78.9 Å². The molecular weight excluding hydrogens is 478 g/mol. The lowest BCUT2D eigenvalue weighted by atomic mass is 10.1. The largest absolute Gasteiger partial charge is 0.497 e. The maximum absolute atomic E-state index is 13.8. The maximum atomic E-state index is 13.8. The predicted molar refractivity (Wildman–Crippen MR) is 146 cm³/mol. The lowest BCUT2D eigenvalue weighted by molar-refractivity contribution is 0.0505. The SMILES string of the molecule is COc1ccc(Oc2c(CN(C[C@H]3CCCO3)C(=O)c3ccc(C)cc3)c(C)nn2-c2ccccc2)cc1. The van der Waals surface area contributed by atoms with E-state index in [1.165, 1.54) is 0 Å². The Bertz CT molecular complexity index is 1360. The molecule has 1 aliphatic rings. The van der Waals surface area contributed by atoms with E-state index in [0.29, 0.717) is 30.3 Å². The predicted octanol–water partition coefficient (Wildman–Crippen LogP) is 6.11. The Labute approximate surface area is 223 Å². The first-order valence-corrected chi connectivity index (χ1v) is 12.9. The third kappa shape index (κ3) is 5.73. The van der Waals surface area contributed by atoms with Gasteiger partial charge in [-0.15, -0.1) is 0 Å². The number of hydrogen-bond donors (Lipinski definition) is 0. The molecule has 3 aromatic carbocycles. The van der Waals surface area contributed by atoms with E-state index in [2.05, 4.69) is 0 Å². The van der Waals surface area contributed by atoms with Crippen molar-refractivity contribution in [3.8, 4) is 23.1 Å². The van der Waals surface area contributed by atoms with Gasteiger partial charge in [0.2, 0.25) is 5.88 Å². The van der Waals surface area contributed by atoms with Crippen LogP contribution in [0.2, 0.25) is 0 Å². The van der Waals surface area contributed by atoms with Gasteiger partial charge in [0.15, 0.2) is 0 Å². The number of ether oxygens (including phenoxy) is 3. The molecule has 5 rings (SSSR count). The minimum Gasteiger partial charge on any atom is -0.497 e. The van der Waals surface area contributed by atoms with Crippen LogP contribution in [-0.2, 0) is 11.3 Å². The summed E-state index contributed by atoms with van der Waals surface area (Å²) in [5, 5.41) is 4.84. The van der Waals surface area contributed by atoms with E-state index in [1.54, 1.807) is 11.8 Å². The molecule has 0 aliphatic carbocycles. The maximum Gasteiger partial charge on any atom is 0.254 e. The summed E-state index contributed by atoms with van der Waals surface area (Å²) >= 11 is 0. The third-order valence-corrected chi connectivity index (χ3v) is 6.79. The van der Waals surface area contributed by atoms with Crippen molar-refractivity contribution < 1.29 is 19.0 Å². The molecule has 1 amide bonds. The van der Waals surface area contributed by atoms with Gasteiger partial charge in [0.1, 0.15) is 11.5 Å². The molecule has 1 aliphatic heterocycles. The van der Waals surface area contributed by atoms with Crippen molar-refractivity contribution in [1.29, 1.82) is 0 Å². The summed E-state index contributed by atoms with van der Waals surface area (Å²) in [5.41, 5.74) is 4.29. The number of aromatic nitrogens is 2. The number of para-hydroxylation sites is 1. The first-order valence-electron chi connectivity index (χ1n) is 12.9. The Morgan fingerprint density at radius 2 is 1.71 bits per heavy atom. The Morgan fingerprint density at radius 3 is 2.37 bits per heavy atom. The average molecular weight is 512 g/mol. The van der Waals surface area contributed by atoms with E-state index in [1.807, 2.05) is 97.6 Å². The fourth-order valence-electron chi connectivity index (χ4n) is 4.65. The highest BCUT2D eigenvalue weighted by Crippen LogP contribution is 2.33. The molecule has 4 aromatic rings. The van der Waals surface area contributed by atoms with E-state index in [4.69, 9.17) is 19.3 Å². The summed E-state index contributed by atoms with van der Waals surface area (Å²) in [5.74, 6) is 1.94. The Morgan fingerprint density at radius 1 is 1.00 bits per heavy atom. The second-order valence-corrected chi connectivity index (χ2v) is 9.58. The lowest BCUT2D eigenvalue weighted by Crippen LogP contribution is -2.37. The fraction of sp³-hybridized carbons (Fsp3) is 0.290. The Hall–Kier alpha value is -4.10. The van der Waals surface area contributed by atoms with Gasteiger partial charge in [-0.3, -0.25) is 4.79 Å². The van der Waals surface area contributed by atoms with Crippen LogP contribution in [0.4, 0.5) is 0 Å². The van der Waals surface area contributed by atoms with E-state index in [0.717, 1.165) is 47.7 Å². The molecular formula is C31H33N3O4. The first kappa shape index (κ1) is 25.5. The molecule has 1 atom stereocenters. The minimum absolute atomic E-state index is 0.0137. The van der Waals surface area contributed by atoms with Crippen molar-refractivity contribution in [2.75, 3.05) is 20.3 Å². The van der Waals surface area contributed by atoms with E-state index >= 15 is 0 Å². The fourth-order valence-corrected chi connectivity index (χ4v) is 4.65. The number of nitrogens with zero attached hydrogens (tertiary/aromatic N) is 3. The molecule has 0 spiro atoms. The van der Waals surface area contributed by atoms with Crippen LogP contribution >= 0.6 is 0 Å². The van der Waals surface area contributed by atoms with Gasteiger partial charge in [-0.1, -0.05) is 35.9 Å². The van der Waals surface area contributed by atoms with Crippen LogP contribution in [0.3, 0.4) is 0 Å². The van der Waals surface area contributed by atoms with Gasteiger partial charge in [0.25, 0.3) is 5.91 Å². The number of rotatable bonds is 9. The Balaban J connectivity index is 1.53. The van der Waals surface area contributed by atoms with Gasteiger partial charge in [0.05, 0.1) is 36.7 Å². The summed E-state index contributed by atoms with van der Waals surface area (Å²) in [6, 6.07) is 25.0. The molecule has 7 nitrogen and oxygen atoms in total. The second-order valence-electron chi connectivity index (χ2n) is 9.58. The van der Waals surface area contributed by atoms with Gasteiger partial charge in [0, 0.05) is 18.7 Å². The molecule has 0 radical (unpaired) electrons. The first-order chi connectivity index (χ1) is 18.5. The molecule has 2 heterocycles. The topological polar surface area (TPSA) is 65.8 Å². The van der Waals surface area contributed by atoms with Gasteiger partial charge < -0.3 is 19.1 Å². The molecule has 1 saturated heterocycles. The molecule has 0 unspecified atom stereocenters. The van der Waals surface area contributed by atoms with Crippen molar-refractivity contribution in [2.24, 2.45) is 0 Å². The molecule has 0 N–H and O–H groups in total. The van der Waals surface area contributed by atoms with Crippen LogP contribution in [0.5, 0.6) is 17.4 Å². The summed E-state index contributed by atoms with van der Waals surface area (Å²) in [7, 11) is 1.63. The highest BCUT2D eigenvalue weighted by Gasteiger charge is 2.28. The molecule has 1 fully saturated rings. The molecule has 0 bridgehead atoms. The molecule has 7 heteroatoms. The van der Waals surface area contributed by atoms with Crippen molar-refractivity contribution in [2.45, 2.75) is 39.3 Å².